The van der Waals surface area contributed by atoms with E-state index in [0.29, 0.717) is 5.75 Å². The lowest BCUT2D eigenvalue weighted by Gasteiger charge is -2.11. The first-order chi connectivity index (χ1) is 6.39. The summed E-state index contributed by atoms with van der Waals surface area (Å²) in [4.78, 5) is 0. The van der Waals surface area contributed by atoms with Gasteiger partial charge in [0.2, 0.25) is 0 Å². The van der Waals surface area contributed by atoms with Crippen LogP contribution >= 0.6 is 0 Å². The Balaban J connectivity index is 2.79. The van der Waals surface area contributed by atoms with Gasteiger partial charge in [-0.3, -0.25) is 0 Å². The van der Waals surface area contributed by atoms with Crippen LogP contribution in [0.25, 0.3) is 0 Å². The van der Waals surface area contributed by atoms with Crippen molar-refractivity contribution in [3.8, 4) is 5.75 Å². The van der Waals surface area contributed by atoms with E-state index in [0.717, 1.165) is 12.1 Å². The van der Waals surface area contributed by atoms with Gasteiger partial charge in [-0.1, -0.05) is 0 Å². The minimum absolute atomic E-state index is 0.285. The molecule has 0 amide bonds. The van der Waals surface area contributed by atoms with E-state index in [4.69, 9.17) is 4.74 Å². The number of halogens is 3. The molecule has 0 aromatic heterocycles. The molecule has 0 aliphatic rings. The maximum absolute atomic E-state index is 12.1. The van der Waals surface area contributed by atoms with Crippen molar-refractivity contribution in [2.45, 2.75) is 19.2 Å². The van der Waals surface area contributed by atoms with Crippen molar-refractivity contribution in [3.63, 3.8) is 0 Å². The Kier molecular flexibility index (Phi) is 3.03. The van der Waals surface area contributed by atoms with Crippen molar-refractivity contribution in [1.82, 2.24) is 0 Å². The minimum Gasteiger partial charge on any atom is -0.491 e. The van der Waals surface area contributed by atoms with Crippen LogP contribution in [0.5, 0.6) is 5.75 Å². The number of alkyl halides is 3. The second-order valence-electron chi connectivity index (χ2n) is 2.95. The van der Waals surface area contributed by atoms with Gasteiger partial charge in [-0.25, -0.2) is 0 Å². The molecule has 1 aromatic rings. The van der Waals surface area contributed by atoms with Crippen molar-refractivity contribution >= 4 is 0 Å². The summed E-state index contributed by atoms with van der Waals surface area (Å²) in [5.41, 5.74) is -0.679. The van der Waals surface area contributed by atoms with Gasteiger partial charge in [-0.15, -0.1) is 0 Å². The van der Waals surface area contributed by atoms with Gasteiger partial charge >= 0.3 is 6.18 Å². The molecule has 1 unspecified atom stereocenters. The molecule has 0 aliphatic heterocycles. The molecule has 0 bridgehead atoms. The molecule has 14 heavy (non-hydrogen) atoms. The fourth-order valence-electron chi connectivity index (χ4n) is 0.955. The van der Waals surface area contributed by atoms with Gasteiger partial charge in [0, 0.05) is 0 Å². The van der Waals surface area contributed by atoms with Gasteiger partial charge in [0.1, 0.15) is 5.75 Å². The Hall–Kier alpha value is -1.19. The highest BCUT2D eigenvalue weighted by molar-refractivity contribution is 5.28. The lowest BCUT2D eigenvalue weighted by atomic mass is 10.2. The molecule has 1 rings (SSSR count). The predicted molar refractivity (Wildman–Crippen MR) is 46.9 cm³/mol. The highest BCUT2D eigenvalue weighted by atomic mass is 19.4. The van der Waals surface area contributed by atoms with Crippen LogP contribution in [0.1, 0.15) is 12.5 Å². The first-order valence-corrected chi connectivity index (χ1v) is 4.06. The summed E-state index contributed by atoms with van der Waals surface area (Å²) in [5, 5.41) is 0. The van der Waals surface area contributed by atoms with E-state index in [1.54, 1.807) is 6.92 Å². The summed E-state index contributed by atoms with van der Waals surface area (Å²) < 4.78 is 41.5. The van der Waals surface area contributed by atoms with Crippen LogP contribution in [0.3, 0.4) is 0 Å². The summed E-state index contributed by atoms with van der Waals surface area (Å²) in [6, 6.07) is 4.53. The number of benzene rings is 1. The number of ether oxygens (including phenoxy) is 1. The molecule has 0 saturated carbocycles. The molecule has 4 heteroatoms. The molecule has 0 N–H and O–H groups in total. The topological polar surface area (TPSA) is 9.23 Å². The van der Waals surface area contributed by atoms with Crippen molar-refractivity contribution in [2.24, 2.45) is 0 Å². The van der Waals surface area contributed by atoms with Gasteiger partial charge in [-0.05, 0) is 38.1 Å². The molecule has 1 nitrogen and oxygen atoms in total. The lowest BCUT2D eigenvalue weighted by Crippen LogP contribution is -2.07. The van der Waals surface area contributed by atoms with E-state index >= 15 is 0 Å². The third-order valence-electron chi connectivity index (χ3n) is 1.52. The number of rotatable bonds is 2. The van der Waals surface area contributed by atoms with E-state index < -0.39 is 11.7 Å². The van der Waals surface area contributed by atoms with E-state index in [-0.39, 0.29) is 6.10 Å². The highest BCUT2D eigenvalue weighted by Crippen LogP contribution is 2.30. The second-order valence-corrected chi connectivity index (χ2v) is 2.95. The Labute approximate surface area is 80.5 Å². The Morgan fingerprint density at radius 2 is 1.71 bits per heavy atom. The van der Waals surface area contributed by atoms with Crippen molar-refractivity contribution < 1.29 is 17.9 Å². The van der Waals surface area contributed by atoms with Gasteiger partial charge in [0.25, 0.3) is 0 Å². The zero-order valence-corrected chi connectivity index (χ0v) is 7.64. The average molecular weight is 203 g/mol. The molecular weight excluding hydrogens is 193 g/mol. The highest BCUT2D eigenvalue weighted by Gasteiger charge is 2.29. The maximum atomic E-state index is 12.1. The van der Waals surface area contributed by atoms with E-state index in [1.165, 1.54) is 12.1 Å². The fraction of sp³-hybridized carbons (Fsp3) is 0.300. The van der Waals surface area contributed by atoms with Gasteiger partial charge in [-0.2, -0.15) is 13.2 Å². The first-order valence-electron chi connectivity index (χ1n) is 4.06. The van der Waals surface area contributed by atoms with Crippen molar-refractivity contribution in [2.75, 3.05) is 0 Å². The Morgan fingerprint density at radius 1 is 1.21 bits per heavy atom. The normalized spacial score (nSPS) is 11.9. The summed E-state index contributed by atoms with van der Waals surface area (Å²) in [6.07, 6.45) is -4.58. The van der Waals surface area contributed by atoms with Crippen LogP contribution in [-0.4, -0.2) is 6.10 Å². The monoisotopic (exact) mass is 203 g/mol. The van der Waals surface area contributed by atoms with Crippen LogP contribution in [0.15, 0.2) is 24.3 Å². The van der Waals surface area contributed by atoms with E-state index in [1.807, 2.05) is 0 Å². The molecule has 1 aromatic carbocycles. The predicted octanol–water partition coefficient (Wildman–Crippen LogP) is 3.31. The van der Waals surface area contributed by atoms with E-state index in [2.05, 4.69) is 6.92 Å². The first kappa shape index (κ1) is 10.9. The lowest BCUT2D eigenvalue weighted by molar-refractivity contribution is -0.137. The van der Waals surface area contributed by atoms with Crippen molar-refractivity contribution in [3.05, 3.63) is 36.8 Å². The van der Waals surface area contributed by atoms with Crippen LogP contribution in [0, 0.1) is 6.92 Å². The van der Waals surface area contributed by atoms with Gasteiger partial charge in [0.05, 0.1) is 11.7 Å². The molecule has 1 atom stereocenters. The van der Waals surface area contributed by atoms with Crippen LogP contribution in [0.2, 0.25) is 0 Å². The summed E-state index contributed by atoms with van der Waals surface area (Å²) >= 11 is 0. The standard InChI is InChI=1S/C10H10F3O/c1-7(2)14-9-5-3-8(4-6-9)10(11,12)13/h3-7H,1H2,2H3. The molecule has 1 radical (unpaired) electrons. The molecule has 0 fully saturated rings. The zero-order chi connectivity index (χ0) is 10.8. The Bertz CT molecular complexity index is 287. The van der Waals surface area contributed by atoms with Crippen LogP contribution in [0.4, 0.5) is 13.2 Å². The quantitative estimate of drug-likeness (QED) is 0.716. The number of hydrogen-bond acceptors (Lipinski definition) is 1. The molecule has 0 heterocycles. The SMILES string of the molecule is [CH2]C(C)Oc1ccc(C(F)(F)F)cc1. The molecular formula is C10H10F3O. The minimum atomic E-state index is -4.30. The molecule has 77 valence electrons. The van der Waals surface area contributed by atoms with Crippen LogP contribution < -0.4 is 4.74 Å². The largest absolute Gasteiger partial charge is 0.491 e. The average Bonchev–Trinajstić information content (AvgIpc) is 2.02. The summed E-state index contributed by atoms with van der Waals surface area (Å²) in [6.45, 7) is 5.27. The number of hydrogen-bond donors (Lipinski definition) is 0. The van der Waals surface area contributed by atoms with Gasteiger partial charge in [0.15, 0.2) is 0 Å². The molecule has 0 saturated heterocycles. The smallest absolute Gasteiger partial charge is 0.416 e. The second kappa shape index (κ2) is 3.90. The zero-order valence-electron chi connectivity index (χ0n) is 7.64. The summed E-state index contributed by atoms with van der Waals surface area (Å²) in [5.74, 6) is 0.389. The molecule has 0 aliphatic carbocycles. The van der Waals surface area contributed by atoms with Gasteiger partial charge < -0.3 is 4.74 Å². The van der Waals surface area contributed by atoms with Crippen molar-refractivity contribution in [1.29, 1.82) is 0 Å². The maximum Gasteiger partial charge on any atom is 0.416 e. The van der Waals surface area contributed by atoms with E-state index in [9.17, 15) is 13.2 Å². The molecule has 0 spiro atoms. The third-order valence-corrected chi connectivity index (χ3v) is 1.52. The van der Waals surface area contributed by atoms with Crippen LogP contribution in [-0.2, 0) is 6.18 Å². The Morgan fingerprint density at radius 3 is 2.07 bits per heavy atom. The fourth-order valence-corrected chi connectivity index (χ4v) is 0.955. The third kappa shape index (κ3) is 2.94. The summed E-state index contributed by atoms with van der Waals surface area (Å²) in [7, 11) is 0.